The quantitative estimate of drug-likeness (QED) is 0.165. The van der Waals surface area contributed by atoms with E-state index in [0.29, 0.717) is 0 Å². The van der Waals surface area contributed by atoms with Crippen molar-refractivity contribution in [3.8, 4) is 39.1 Å². The fourth-order valence-electron chi connectivity index (χ4n) is 9.47. The highest BCUT2D eigenvalue weighted by Gasteiger charge is 2.37. The zero-order chi connectivity index (χ0) is 38.1. The number of para-hydroxylation sites is 2. The third kappa shape index (κ3) is 5.18. The van der Waals surface area contributed by atoms with Gasteiger partial charge in [0.1, 0.15) is 0 Å². The zero-order valence-corrected chi connectivity index (χ0v) is 32.0. The van der Waals surface area contributed by atoms with E-state index < -0.39 is 0 Å². The highest BCUT2D eigenvalue weighted by atomic mass is 15.1. The van der Waals surface area contributed by atoms with Gasteiger partial charge < -0.3 is 9.47 Å². The van der Waals surface area contributed by atoms with Gasteiger partial charge in [0.25, 0.3) is 0 Å². The third-order valence-electron chi connectivity index (χ3n) is 12.2. The van der Waals surface area contributed by atoms with E-state index in [4.69, 9.17) is 0 Å². The van der Waals surface area contributed by atoms with Crippen molar-refractivity contribution in [2.75, 3.05) is 4.90 Å². The van der Waals surface area contributed by atoms with E-state index in [2.05, 4.69) is 230 Å². The zero-order valence-electron chi connectivity index (χ0n) is 32.0. The highest BCUT2D eigenvalue weighted by molar-refractivity contribution is 6.19. The molecule has 0 radical (unpaired) electrons. The Morgan fingerprint density at radius 1 is 0.404 bits per heavy atom. The average molecular weight is 729 g/mol. The smallest absolute Gasteiger partial charge is 0.0619 e. The summed E-state index contributed by atoms with van der Waals surface area (Å²) >= 11 is 0. The molecule has 0 saturated heterocycles. The van der Waals surface area contributed by atoms with Crippen LogP contribution in [0.5, 0.6) is 0 Å². The van der Waals surface area contributed by atoms with E-state index in [-0.39, 0.29) is 5.41 Å². The monoisotopic (exact) mass is 728 g/mol. The molecule has 0 fully saturated rings. The molecule has 0 amide bonds. The van der Waals surface area contributed by atoms with Crippen molar-refractivity contribution >= 4 is 49.6 Å². The minimum Gasteiger partial charge on any atom is -0.310 e. The molecule has 11 rings (SSSR count). The maximum atomic E-state index is 2.48. The van der Waals surface area contributed by atoms with Gasteiger partial charge in [-0.3, -0.25) is 0 Å². The van der Waals surface area contributed by atoms with Crippen LogP contribution in [-0.4, -0.2) is 4.57 Å². The molecule has 1 aliphatic rings. The number of rotatable bonds is 6. The van der Waals surface area contributed by atoms with Crippen molar-refractivity contribution in [1.29, 1.82) is 0 Å². The van der Waals surface area contributed by atoms with Crippen molar-refractivity contribution in [3.63, 3.8) is 0 Å². The van der Waals surface area contributed by atoms with E-state index >= 15 is 0 Å². The average Bonchev–Trinajstić information content (AvgIpc) is 3.74. The minimum atomic E-state index is -0.101. The molecule has 0 saturated carbocycles. The normalized spacial score (nSPS) is 12.9. The lowest BCUT2D eigenvalue weighted by Gasteiger charge is -2.29. The Morgan fingerprint density at radius 2 is 1.00 bits per heavy atom. The van der Waals surface area contributed by atoms with Crippen LogP contribution in [0, 0.1) is 0 Å². The molecule has 1 aliphatic carbocycles. The van der Waals surface area contributed by atoms with Gasteiger partial charge in [-0.05, 0) is 81.2 Å². The van der Waals surface area contributed by atoms with E-state index in [1.165, 1.54) is 88.5 Å². The van der Waals surface area contributed by atoms with Gasteiger partial charge >= 0.3 is 0 Å². The Kier molecular flexibility index (Phi) is 7.55. The van der Waals surface area contributed by atoms with Crippen LogP contribution in [0.2, 0.25) is 0 Å². The van der Waals surface area contributed by atoms with E-state index in [1.54, 1.807) is 0 Å². The van der Waals surface area contributed by atoms with Crippen molar-refractivity contribution in [2.24, 2.45) is 0 Å². The second kappa shape index (κ2) is 13.0. The largest absolute Gasteiger partial charge is 0.310 e. The maximum Gasteiger partial charge on any atom is 0.0619 e. The lowest BCUT2D eigenvalue weighted by atomic mass is 9.82. The lowest BCUT2D eigenvalue weighted by molar-refractivity contribution is 0.660. The summed E-state index contributed by atoms with van der Waals surface area (Å²) in [5.41, 5.74) is 17.1. The number of hydrogen-bond donors (Lipinski definition) is 0. The minimum absolute atomic E-state index is 0.101. The Morgan fingerprint density at radius 3 is 1.79 bits per heavy atom. The van der Waals surface area contributed by atoms with Gasteiger partial charge in [-0.2, -0.15) is 0 Å². The first kappa shape index (κ1) is 33.2. The Bertz CT molecular complexity index is 3130. The molecule has 0 spiro atoms. The first-order chi connectivity index (χ1) is 28.1. The number of benzene rings is 9. The number of hydrogen-bond acceptors (Lipinski definition) is 1. The Balaban J connectivity index is 1.08. The molecule has 57 heavy (non-hydrogen) atoms. The van der Waals surface area contributed by atoms with Crippen molar-refractivity contribution < 1.29 is 0 Å². The molecule has 0 N–H and O–H groups in total. The predicted octanol–water partition coefficient (Wildman–Crippen LogP) is 15.0. The van der Waals surface area contributed by atoms with Gasteiger partial charge in [0.2, 0.25) is 0 Å². The van der Waals surface area contributed by atoms with Crippen LogP contribution in [0.25, 0.3) is 71.6 Å². The van der Waals surface area contributed by atoms with E-state index in [1.807, 2.05) is 0 Å². The van der Waals surface area contributed by atoms with Crippen LogP contribution in [0.1, 0.15) is 25.0 Å². The fraction of sp³-hybridized carbons (Fsp3) is 0.0545. The summed E-state index contributed by atoms with van der Waals surface area (Å²) in [5, 5.41) is 5.03. The fourth-order valence-corrected chi connectivity index (χ4v) is 9.47. The molecule has 1 aromatic heterocycles. The van der Waals surface area contributed by atoms with Crippen molar-refractivity contribution in [1.82, 2.24) is 4.57 Å². The molecular weight excluding hydrogens is 689 g/mol. The van der Waals surface area contributed by atoms with Gasteiger partial charge in [-0.15, -0.1) is 0 Å². The summed E-state index contributed by atoms with van der Waals surface area (Å²) in [7, 11) is 0. The summed E-state index contributed by atoms with van der Waals surface area (Å²) in [5.74, 6) is 0. The molecule has 0 bridgehead atoms. The van der Waals surface area contributed by atoms with E-state index in [0.717, 1.165) is 11.4 Å². The van der Waals surface area contributed by atoms with Gasteiger partial charge in [0.05, 0.1) is 22.4 Å². The summed E-state index contributed by atoms with van der Waals surface area (Å²) < 4.78 is 2.48. The van der Waals surface area contributed by atoms with E-state index in [9.17, 15) is 0 Å². The van der Waals surface area contributed by atoms with Crippen LogP contribution < -0.4 is 4.90 Å². The Labute approximate surface area is 333 Å². The number of anilines is 3. The highest BCUT2D eigenvalue weighted by Crippen LogP contribution is 2.54. The van der Waals surface area contributed by atoms with Crippen molar-refractivity contribution in [3.05, 3.63) is 217 Å². The maximum absolute atomic E-state index is 2.48. The Hall–Kier alpha value is -7.16. The van der Waals surface area contributed by atoms with Gasteiger partial charge in [-0.25, -0.2) is 0 Å². The van der Waals surface area contributed by atoms with Crippen LogP contribution in [0.3, 0.4) is 0 Å². The molecule has 0 atom stereocenters. The molecule has 9 aromatic carbocycles. The van der Waals surface area contributed by atoms with Crippen LogP contribution >= 0.6 is 0 Å². The first-order valence-electron chi connectivity index (χ1n) is 19.9. The van der Waals surface area contributed by atoms with Gasteiger partial charge in [-0.1, -0.05) is 178 Å². The third-order valence-corrected chi connectivity index (χ3v) is 12.2. The van der Waals surface area contributed by atoms with Crippen LogP contribution in [0.15, 0.2) is 206 Å². The first-order valence-corrected chi connectivity index (χ1v) is 19.9. The summed E-state index contributed by atoms with van der Waals surface area (Å²) in [4.78, 5) is 2.45. The summed E-state index contributed by atoms with van der Waals surface area (Å²) in [6, 6.07) is 75.5. The molecule has 0 unspecified atom stereocenters. The van der Waals surface area contributed by atoms with Crippen molar-refractivity contribution in [2.45, 2.75) is 19.3 Å². The molecule has 2 nitrogen and oxygen atoms in total. The number of fused-ring (bicyclic) bond motifs is 8. The second-order valence-corrected chi connectivity index (χ2v) is 15.7. The lowest BCUT2D eigenvalue weighted by Crippen LogP contribution is -2.16. The van der Waals surface area contributed by atoms with Gasteiger partial charge in [0, 0.05) is 44.1 Å². The molecule has 10 aromatic rings. The SMILES string of the molecule is CC1(C)c2ccccc2-c2c(N(c3ccc(-c4ccccc4)cc3)c3ccc(-c4ccccc4-n4c5ccccc5c5ccc6ccccc6c54)cc3)cccc21. The molecule has 2 heteroatoms. The van der Waals surface area contributed by atoms with Crippen LogP contribution in [-0.2, 0) is 5.41 Å². The predicted molar refractivity (Wildman–Crippen MR) is 241 cm³/mol. The number of nitrogens with zero attached hydrogens (tertiary/aromatic N) is 2. The summed E-state index contributed by atoms with van der Waals surface area (Å²) in [6.07, 6.45) is 0. The standard InChI is InChI=1S/C55H40N2/c1-55(2)48-22-11-8-21-47(48)53-49(55)23-14-26-52(53)56(41-32-27-38(28-33-41)37-15-4-3-5-16-37)42-34-29-40(30-35-42)43-18-9-12-24-50(43)57-51-25-13-10-20-45(51)46-36-31-39-17-6-7-19-44(39)54(46)57/h3-36H,1-2H3. The molecule has 1 heterocycles. The molecule has 0 aliphatic heterocycles. The summed E-state index contributed by atoms with van der Waals surface area (Å²) in [6.45, 7) is 4.71. The second-order valence-electron chi connectivity index (χ2n) is 15.7. The van der Waals surface area contributed by atoms with Gasteiger partial charge in [0.15, 0.2) is 0 Å². The molecular formula is C55H40N2. The topological polar surface area (TPSA) is 8.17 Å². The molecule has 270 valence electrons. The number of aromatic nitrogens is 1. The van der Waals surface area contributed by atoms with Crippen LogP contribution in [0.4, 0.5) is 17.1 Å².